The Kier molecular flexibility index (Phi) is 4.14. The second-order valence-electron chi connectivity index (χ2n) is 3.09. The van der Waals surface area contributed by atoms with E-state index in [0.717, 1.165) is 12.1 Å². The van der Waals surface area contributed by atoms with Gasteiger partial charge in [-0.05, 0) is 6.92 Å². The molecular weight excluding hydrogens is 273 g/mol. The molecule has 0 saturated carbocycles. The Labute approximate surface area is 106 Å². The van der Waals surface area contributed by atoms with Gasteiger partial charge in [0.1, 0.15) is 0 Å². The number of ether oxygens (including phenoxy) is 1. The van der Waals surface area contributed by atoms with Crippen LogP contribution in [0.15, 0.2) is 12.1 Å². The Morgan fingerprint density at radius 1 is 1.47 bits per heavy atom. The van der Waals surface area contributed by atoms with Crippen molar-refractivity contribution in [1.29, 1.82) is 0 Å². The summed E-state index contributed by atoms with van der Waals surface area (Å²) < 4.78 is 4.92. The van der Waals surface area contributed by atoms with Crippen LogP contribution in [-0.4, -0.2) is 22.1 Å². The molecule has 1 aromatic rings. The number of hydrogen-bond acceptors (Lipinski definition) is 4. The number of halogens is 2. The summed E-state index contributed by atoms with van der Waals surface area (Å²) in [5.41, 5.74) is -0.437. The first kappa shape index (κ1) is 13.5. The number of hydrogen-bond donors (Lipinski definition) is 1. The van der Waals surface area contributed by atoms with Gasteiger partial charge in [0.25, 0.3) is 0 Å². The molecule has 92 valence electrons. The van der Waals surface area contributed by atoms with E-state index >= 15 is 0 Å². The van der Waals surface area contributed by atoms with Crippen LogP contribution in [0.4, 0.5) is 5.69 Å². The third kappa shape index (κ3) is 3.21. The van der Waals surface area contributed by atoms with Gasteiger partial charge in [-0.15, -0.1) is 0 Å². The molecule has 0 spiro atoms. The van der Waals surface area contributed by atoms with Crippen molar-refractivity contribution >= 4 is 34.9 Å². The van der Waals surface area contributed by atoms with E-state index in [1.54, 1.807) is 0 Å². The molecule has 0 unspecified atom stereocenters. The maximum atomic E-state index is 10.7. The number of carboxylic acid groups (broad SMARTS) is 1. The summed E-state index contributed by atoms with van der Waals surface area (Å²) in [5.74, 6) is -1.48. The Balaban J connectivity index is 3.17. The largest absolute Gasteiger partial charge is 0.479 e. The lowest BCUT2D eigenvalue weighted by Gasteiger charge is -2.11. The molecule has 8 heteroatoms. The fourth-order valence-corrected chi connectivity index (χ4v) is 1.31. The van der Waals surface area contributed by atoms with E-state index in [4.69, 9.17) is 33.0 Å². The quantitative estimate of drug-likeness (QED) is 0.676. The van der Waals surface area contributed by atoms with Crippen molar-refractivity contribution < 1.29 is 19.6 Å². The number of rotatable bonds is 4. The molecule has 1 rings (SSSR count). The zero-order chi connectivity index (χ0) is 13.2. The number of nitro benzene ring substituents is 1. The summed E-state index contributed by atoms with van der Waals surface area (Å²) in [6.45, 7) is 1.24. The molecule has 6 nitrogen and oxygen atoms in total. The fraction of sp³-hybridized carbons (Fsp3) is 0.222. The van der Waals surface area contributed by atoms with E-state index in [-0.39, 0.29) is 15.8 Å². The second-order valence-corrected chi connectivity index (χ2v) is 3.90. The van der Waals surface area contributed by atoms with Crippen LogP contribution in [0.5, 0.6) is 5.75 Å². The molecule has 0 aliphatic carbocycles. The molecule has 0 amide bonds. The molecule has 1 atom stereocenters. The van der Waals surface area contributed by atoms with Crippen LogP contribution in [0.25, 0.3) is 0 Å². The molecule has 1 aromatic carbocycles. The Morgan fingerprint density at radius 3 is 2.47 bits per heavy atom. The lowest BCUT2D eigenvalue weighted by Crippen LogP contribution is -2.23. The van der Waals surface area contributed by atoms with Gasteiger partial charge in [0.2, 0.25) is 0 Å². The van der Waals surface area contributed by atoms with Gasteiger partial charge >= 0.3 is 11.7 Å². The minimum Gasteiger partial charge on any atom is -0.479 e. The molecule has 1 N–H and O–H groups in total. The normalized spacial score (nSPS) is 11.9. The molecule has 0 bridgehead atoms. The maximum absolute atomic E-state index is 10.7. The number of nitro groups is 1. The van der Waals surface area contributed by atoms with Crippen LogP contribution in [0.1, 0.15) is 6.92 Å². The van der Waals surface area contributed by atoms with Gasteiger partial charge in [-0.3, -0.25) is 10.1 Å². The minimum absolute atomic E-state index is 0.00584. The SMILES string of the molecule is C[C@H](Oc1cc(Cl)c(Cl)cc1[N+](=O)[O-])C(=O)O. The van der Waals surface area contributed by atoms with Crippen molar-refractivity contribution in [3.05, 3.63) is 32.3 Å². The first-order valence-corrected chi connectivity index (χ1v) is 5.11. The Hall–Kier alpha value is -1.53. The van der Waals surface area contributed by atoms with Crippen LogP contribution in [0.2, 0.25) is 10.0 Å². The van der Waals surface area contributed by atoms with E-state index in [1.807, 2.05) is 0 Å². The minimum atomic E-state index is -1.25. The lowest BCUT2D eigenvalue weighted by atomic mass is 10.3. The average molecular weight is 280 g/mol. The third-order valence-electron chi connectivity index (χ3n) is 1.85. The molecular formula is C9H7Cl2NO5. The number of benzene rings is 1. The van der Waals surface area contributed by atoms with Gasteiger partial charge in [0.15, 0.2) is 11.9 Å². The summed E-state index contributed by atoms with van der Waals surface area (Å²) in [7, 11) is 0. The van der Waals surface area contributed by atoms with Crippen molar-refractivity contribution in [2.45, 2.75) is 13.0 Å². The van der Waals surface area contributed by atoms with E-state index < -0.39 is 22.7 Å². The zero-order valence-corrected chi connectivity index (χ0v) is 10.0. The van der Waals surface area contributed by atoms with Gasteiger partial charge in [-0.25, -0.2) is 4.79 Å². The first-order chi connectivity index (χ1) is 7.82. The van der Waals surface area contributed by atoms with Crippen molar-refractivity contribution in [3.63, 3.8) is 0 Å². The molecule has 0 fully saturated rings. The maximum Gasteiger partial charge on any atom is 0.344 e. The predicted molar refractivity (Wildman–Crippen MR) is 60.8 cm³/mol. The summed E-state index contributed by atoms with van der Waals surface area (Å²) in [6.07, 6.45) is -1.23. The number of aliphatic carboxylic acids is 1. The third-order valence-corrected chi connectivity index (χ3v) is 2.57. The molecule has 0 aliphatic heterocycles. The average Bonchev–Trinajstić information content (AvgIpc) is 2.22. The molecule has 0 aliphatic rings. The van der Waals surface area contributed by atoms with Gasteiger partial charge in [-0.2, -0.15) is 0 Å². The summed E-state index contributed by atoms with van der Waals surface area (Å²) in [5, 5.41) is 19.4. The van der Waals surface area contributed by atoms with Crippen LogP contribution in [0, 0.1) is 10.1 Å². The van der Waals surface area contributed by atoms with Gasteiger partial charge < -0.3 is 9.84 Å². The zero-order valence-electron chi connectivity index (χ0n) is 8.52. The monoisotopic (exact) mass is 279 g/mol. The highest BCUT2D eigenvalue weighted by Crippen LogP contribution is 2.36. The molecule has 0 saturated heterocycles. The van der Waals surface area contributed by atoms with Gasteiger partial charge in [0, 0.05) is 12.1 Å². The molecule has 0 radical (unpaired) electrons. The predicted octanol–water partition coefficient (Wildman–Crippen LogP) is 2.75. The smallest absolute Gasteiger partial charge is 0.344 e. The topological polar surface area (TPSA) is 89.7 Å². The van der Waals surface area contributed by atoms with E-state index in [1.165, 1.54) is 6.92 Å². The first-order valence-electron chi connectivity index (χ1n) is 4.36. The van der Waals surface area contributed by atoms with Gasteiger partial charge in [0.05, 0.1) is 15.0 Å². The standard InChI is InChI=1S/C9H7Cl2NO5/c1-4(9(13)14)17-8-3-6(11)5(10)2-7(8)12(15)16/h2-4H,1H3,(H,13,14)/t4-/m0/s1. The van der Waals surface area contributed by atoms with Crippen LogP contribution in [-0.2, 0) is 4.79 Å². The summed E-state index contributed by atoms with van der Waals surface area (Å²) in [6, 6.07) is 2.12. The number of nitrogens with zero attached hydrogens (tertiary/aromatic N) is 1. The van der Waals surface area contributed by atoms with Crippen molar-refractivity contribution in [2.75, 3.05) is 0 Å². The van der Waals surface area contributed by atoms with E-state index in [0.29, 0.717) is 0 Å². The van der Waals surface area contributed by atoms with Crippen molar-refractivity contribution in [1.82, 2.24) is 0 Å². The van der Waals surface area contributed by atoms with E-state index in [9.17, 15) is 14.9 Å². The number of carboxylic acids is 1. The van der Waals surface area contributed by atoms with Crippen molar-refractivity contribution in [2.24, 2.45) is 0 Å². The van der Waals surface area contributed by atoms with Crippen LogP contribution in [0.3, 0.4) is 0 Å². The van der Waals surface area contributed by atoms with Crippen molar-refractivity contribution in [3.8, 4) is 5.75 Å². The molecule has 0 heterocycles. The highest BCUT2D eigenvalue weighted by molar-refractivity contribution is 6.42. The molecule has 17 heavy (non-hydrogen) atoms. The lowest BCUT2D eigenvalue weighted by molar-refractivity contribution is -0.386. The summed E-state index contributed by atoms with van der Waals surface area (Å²) >= 11 is 11.3. The molecule has 0 aromatic heterocycles. The van der Waals surface area contributed by atoms with Crippen LogP contribution < -0.4 is 4.74 Å². The summed E-state index contributed by atoms with van der Waals surface area (Å²) in [4.78, 5) is 20.6. The Morgan fingerprint density at radius 2 is 2.00 bits per heavy atom. The highest BCUT2D eigenvalue weighted by Gasteiger charge is 2.22. The van der Waals surface area contributed by atoms with Crippen LogP contribution >= 0.6 is 23.2 Å². The number of carbonyl (C=O) groups is 1. The highest BCUT2D eigenvalue weighted by atomic mass is 35.5. The van der Waals surface area contributed by atoms with Gasteiger partial charge in [-0.1, -0.05) is 23.2 Å². The second kappa shape index (κ2) is 5.20. The Bertz CT molecular complexity index is 477. The fourth-order valence-electron chi connectivity index (χ4n) is 0.996. The van der Waals surface area contributed by atoms with E-state index in [2.05, 4.69) is 0 Å².